The Balaban J connectivity index is 2.70. The molecular weight excluding hydrogens is 318 g/mol. The Hall–Kier alpha value is -0.0100. The summed E-state index contributed by atoms with van der Waals surface area (Å²) >= 11 is 0. The highest BCUT2D eigenvalue weighted by atomic mass is 31.0. The van der Waals surface area contributed by atoms with Crippen molar-refractivity contribution in [1.82, 2.24) is 0 Å². The molecule has 0 radical (unpaired) electrons. The largest absolute Gasteiger partial charge is 0.469 e. The Kier molecular flexibility index (Phi) is 8.81. The van der Waals surface area contributed by atoms with Crippen molar-refractivity contribution in [3.8, 4) is 0 Å². The molecule has 1 aliphatic rings. The molecule has 0 heterocycles. The van der Waals surface area contributed by atoms with Crippen LogP contribution in [-0.2, 0) is 18.6 Å². The van der Waals surface area contributed by atoms with E-state index in [0.29, 0.717) is 6.42 Å². The lowest BCUT2D eigenvalue weighted by atomic mass is 9.91. The lowest BCUT2D eigenvalue weighted by molar-refractivity contribution is -0.141. The van der Waals surface area contributed by atoms with E-state index >= 15 is 0 Å². The van der Waals surface area contributed by atoms with Crippen LogP contribution >= 0.6 is 18.8 Å². The number of carbonyl (C=O) groups is 1. The van der Waals surface area contributed by atoms with Gasteiger partial charge < -0.3 is 13.8 Å². The summed E-state index contributed by atoms with van der Waals surface area (Å²) in [5.74, 6) is 0.0915. The van der Waals surface area contributed by atoms with E-state index < -0.39 is 0 Å². The molecule has 0 saturated heterocycles. The number of ether oxygens (including phenoxy) is 1. The van der Waals surface area contributed by atoms with E-state index in [2.05, 4.69) is 13.0 Å². The summed E-state index contributed by atoms with van der Waals surface area (Å²) in [4.78, 5) is 11.6. The minimum Gasteiger partial charge on any atom is -0.469 e. The van der Waals surface area contributed by atoms with Gasteiger partial charge in [0.25, 0.3) is 0 Å². The van der Waals surface area contributed by atoms with Crippen LogP contribution in [0.5, 0.6) is 0 Å². The molecule has 22 heavy (non-hydrogen) atoms. The van der Waals surface area contributed by atoms with Crippen molar-refractivity contribution in [2.24, 2.45) is 11.8 Å². The fourth-order valence-electron chi connectivity index (χ4n) is 3.06. The van der Waals surface area contributed by atoms with Crippen molar-refractivity contribution in [1.29, 1.82) is 2.56 Å². The normalized spacial score (nSPS) is 28.7. The second-order valence-corrected chi connectivity index (χ2v) is 6.36. The van der Waals surface area contributed by atoms with Crippen molar-refractivity contribution in [2.45, 2.75) is 64.1 Å². The van der Waals surface area contributed by atoms with Crippen molar-refractivity contribution in [3.63, 3.8) is 0 Å². The molecule has 0 aromatic rings. The first kappa shape index (κ1) is 16.8. The third-order valence-corrected chi connectivity index (χ3v) is 5.00. The Morgan fingerprint density at radius 3 is 2.95 bits per heavy atom. The first-order valence-electron chi connectivity index (χ1n) is 9.06. The lowest BCUT2D eigenvalue weighted by Crippen LogP contribution is -2.21. The van der Waals surface area contributed by atoms with Gasteiger partial charge in [0.2, 0.25) is 0 Å². The zero-order valence-electron chi connectivity index (χ0n) is 15.5. The van der Waals surface area contributed by atoms with E-state index in [9.17, 15) is 4.79 Å². The van der Waals surface area contributed by atoms with Gasteiger partial charge >= 0.3 is 5.97 Å². The van der Waals surface area contributed by atoms with E-state index in [1.165, 1.54) is 7.11 Å². The van der Waals surface area contributed by atoms with Gasteiger partial charge in [0.15, 0.2) is 0 Å². The minimum atomic E-state index is -0.297. The molecule has 0 amide bonds. The van der Waals surface area contributed by atoms with E-state index in [0.717, 1.165) is 38.5 Å². The Labute approximate surface area is 141 Å². The number of rotatable bonds is 12. The molecule has 0 aromatic carbocycles. The Morgan fingerprint density at radius 1 is 1.41 bits per heavy atom. The molecule has 0 aliphatic heterocycles. The zero-order chi connectivity index (χ0) is 17.8. The number of hydrogen-bond donors (Lipinski definition) is 0. The second kappa shape index (κ2) is 11.5. The van der Waals surface area contributed by atoms with E-state index in [1.807, 2.05) is 6.08 Å². The van der Waals surface area contributed by atoms with Crippen LogP contribution in [0, 0.1) is 11.8 Å². The van der Waals surface area contributed by atoms with E-state index in [1.54, 1.807) is 0 Å². The maximum atomic E-state index is 11.6. The maximum Gasteiger partial charge on any atom is 0.305 e. The van der Waals surface area contributed by atoms with Gasteiger partial charge in [-0.15, -0.1) is 0 Å². The number of unbranched alkanes of at least 4 members (excludes halogenated alkanes) is 2. The molecule has 0 bridgehead atoms. The Bertz CT molecular complexity index is 385. The van der Waals surface area contributed by atoms with Crippen LogP contribution in [-0.4, -0.2) is 27.8 Å². The van der Waals surface area contributed by atoms with Crippen LogP contribution < -0.4 is 0 Å². The third-order valence-electron chi connectivity index (χ3n) is 4.40. The monoisotopic (exact) mass is 352 g/mol. The minimum absolute atomic E-state index is 0.0125. The van der Waals surface area contributed by atoms with Crippen LogP contribution in [0.25, 0.3) is 0 Å². The SMILES string of the molecule is [3H]POC(/C=C/[C@@H]1[C@@H](CC(=O)OC)CC[C@H]1OP[3H])CCCCC. The number of carbonyl (C=O) groups excluding carboxylic acids is 1. The van der Waals surface area contributed by atoms with Crippen molar-refractivity contribution < 1.29 is 18.6 Å². The molecule has 1 fully saturated rings. The van der Waals surface area contributed by atoms with Gasteiger partial charge in [-0.1, -0.05) is 38.3 Å². The highest BCUT2D eigenvalue weighted by Crippen LogP contribution is 2.38. The van der Waals surface area contributed by atoms with Crippen LogP contribution in [0.1, 0.15) is 51.9 Å². The first-order valence-corrected chi connectivity index (χ1v) is 8.87. The zero-order valence-corrected chi connectivity index (χ0v) is 15.5. The van der Waals surface area contributed by atoms with Crippen LogP contribution in [0.2, 0.25) is 0 Å². The smallest absolute Gasteiger partial charge is 0.305 e. The molecule has 6 heteroatoms. The summed E-state index contributed by atoms with van der Waals surface area (Å²) in [5.41, 5.74) is 0. The summed E-state index contributed by atoms with van der Waals surface area (Å²) in [5, 5.41) is 0. The molecule has 128 valence electrons. The van der Waals surface area contributed by atoms with Gasteiger partial charge in [-0.3, -0.25) is 4.79 Å². The Morgan fingerprint density at radius 2 is 2.27 bits per heavy atom. The van der Waals surface area contributed by atoms with Crippen LogP contribution in [0.15, 0.2) is 12.2 Å². The highest BCUT2D eigenvalue weighted by molar-refractivity contribution is 7.10. The second-order valence-electron chi connectivity index (χ2n) is 5.89. The average Bonchev–Trinajstić information content (AvgIpc) is 2.94. The van der Waals surface area contributed by atoms with Crippen molar-refractivity contribution in [3.05, 3.63) is 12.2 Å². The van der Waals surface area contributed by atoms with Gasteiger partial charge in [-0.05, 0) is 25.2 Å². The number of esters is 1. The van der Waals surface area contributed by atoms with Crippen molar-refractivity contribution >= 4 is 24.8 Å². The fraction of sp³-hybridized carbons (Fsp3) is 0.812. The predicted octanol–water partition coefficient (Wildman–Crippen LogP) is 4.06. The van der Waals surface area contributed by atoms with Crippen LogP contribution in [0.4, 0.5) is 0 Å². The lowest BCUT2D eigenvalue weighted by Gasteiger charge is -2.21. The summed E-state index contributed by atoms with van der Waals surface area (Å²) < 4.78 is 30.5. The van der Waals surface area contributed by atoms with Gasteiger partial charge in [-0.2, -0.15) is 0 Å². The molecule has 6 atom stereocenters. The summed E-state index contributed by atoms with van der Waals surface area (Å²) in [6, 6.07) is 0. The van der Waals surface area contributed by atoms with Crippen molar-refractivity contribution in [2.75, 3.05) is 7.11 Å². The molecule has 1 aliphatic carbocycles. The molecule has 3 unspecified atom stereocenters. The van der Waals surface area contributed by atoms with E-state index in [-0.39, 0.29) is 48.8 Å². The molecule has 0 spiro atoms. The van der Waals surface area contributed by atoms with Gasteiger partial charge in [-0.25, -0.2) is 0 Å². The molecule has 1 rings (SSSR count). The topological polar surface area (TPSA) is 44.8 Å². The molecule has 0 N–H and O–H groups in total. The van der Waals surface area contributed by atoms with E-state index in [4.69, 9.17) is 16.3 Å². The quantitative estimate of drug-likeness (QED) is 0.230. The molecule has 4 nitrogen and oxygen atoms in total. The van der Waals surface area contributed by atoms with Gasteiger partial charge in [0.05, 0.1) is 21.9 Å². The standard InChI is InChI=1S/C16H30O4P2/c1-3-4-5-6-13(19-21)8-9-14-12(11-16(17)18-2)7-10-15(14)20-22/h8-9,12-15H,3-7,10-11,21-22H2,1-2H3/b9-8+/t12-,13?,14-,15-/m1/s1/i21T,22T/t12-,13?,14-,15-,21?,22?. The van der Waals surface area contributed by atoms with Gasteiger partial charge in [0, 0.05) is 31.2 Å². The molecular formula is C16H30O4P2. The third kappa shape index (κ3) is 6.62. The van der Waals surface area contributed by atoms with Crippen LogP contribution in [0.3, 0.4) is 0 Å². The summed E-state index contributed by atoms with van der Waals surface area (Å²) in [6.07, 6.45) is 10.5. The fourth-order valence-corrected chi connectivity index (χ4v) is 3.53. The molecule has 0 aromatic heterocycles. The highest BCUT2D eigenvalue weighted by Gasteiger charge is 2.36. The first-order chi connectivity index (χ1) is 11.7. The molecule has 1 saturated carbocycles. The average molecular weight is 352 g/mol. The number of hydrogen-bond acceptors (Lipinski definition) is 4. The summed E-state index contributed by atoms with van der Waals surface area (Å²) in [7, 11) is 0.833. The maximum absolute atomic E-state index is 11.6. The summed E-state index contributed by atoms with van der Waals surface area (Å²) in [6.45, 7) is 2.16. The van der Waals surface area contributed by atoms with Gasteiger partial charge in [0.1, 0.15) is 0 Å². The number of methoxy groups -OCH3 is 1. The predicted molar refractivity (Wildman–Crippen MR) is 95.3 cm³/mol.